The van der Waals surface area contributed by atoms with Gasteiger partial charge in [0.05, 0.1) is 6.54 Å². The lowest BCUT2D eigenvalue weighted by Crippen LogP contribution is -2.46. The molecule has 0 aromatic carbocycles. The van der Waals surface area contributed by atoms with Crippen molar-refractivity contribution in [2.24, 2.45) is 16.3 Å². The number of hydrogen-bond acceptors (Lipinski definition) is 3. The quantitative estimate of drug-likeness (QED) is 0.704. The average molecular weight is 193 g/mol. The van der Waals surface area contributed by atoms with Crippen molar-refractivity contribution in [3.05, 3.63) is 0 Å². The zero-order valence-electron chi connectivity index (χ0n) is 8.68. The summed E-state index contributed by atoms with van der Waals surface area (Å²) in [6.45, 7) is 3.11. The minimum atomic E-state index is 0.660. The largest absolute Gasteiger partial charge is 0.356 e. The van der Waals surface area contributed by atoms with E-state index in [0.717, 1.165) is 31.5 Å². The Balaban J connectivity index is 1.54. The van der Waals surface area contributed by atoms with E-state index in [1.165, 1.54) is 32.1 Å². The Kier molecular flexibility index (Phi) is 1.92. The topological polar surface area (TPSA) is 36.4 Å². The van der Waals surface area contributed by atoms with Crippen LogP contribution in [-0.2, 0) is 0 Å². The monoisotopic (exact) mass is 193 g/mol. The van der Waals surface area contributed by atoms with Crippen molar-refractivity contribution in [1.82, 2.24) is 10.6 Å². The summed E-state index contributed by atoms with van der Waals surface area (Å²) in [7, 11) is 0. The molecule has 3 heteroatoms. The molecule has 2 fully saturated rings. The summed E-state index contributed by atoms with van der Waals surface area (Å²) in [5, 5.41) is 6.76. The molecular formula is C11H19N3. The van der Waals surface area contributed by atoms with Crippen LogP contribution in [0.2, 0.25) is 0 Å². The van der Waals surface area contributed by atoms with E-state index in [2.05, 4.69) is 15.6 Å². The molecule has 0 amide bonds. The molecule has 0 radical (unpaired) electrons. The van der Waals surface area contributed by atoms with Crippen LogP contribution in [-0.4, -0.2) is 25.6 Å². The van der Waals surface area contributed by atoms with Crippen LogP contribution in [0.1, 0.15) is 32.1 Å². The third kappa shape index (κ3) is 1.39. The highest BCUT2D eigenvalue weighted by molar-refractivity contribution is 5.81. The van der Waals surface area contributed by atoms with E-state index in [-0.39, 0.29) is 0 Å². The third-order valence-electron chi connectivity index (χ3n) is 4.07. The molecule has 0 bridgehead atoms. The van der Waals surface area contributed by atoms with E-state index in [1.807, 2.05) is 0 Å². The summed E-state index contributed by atoms with van der Waals surface area (Å²) < 4.78 is 0. The van der Waals surface area contributed by atoms with Gasteiger partial charge in [0.15, 0.2) is 5.96 Å². The van der Waals surface area contributed by atoms with Crippen molar-refractivity contribution >= 4 is 5.96 Å². The molecule has 78 valence electrons. The predicted octanol–water partition coefficient (Wildman–Crippen LogP) is 1.12. The standard InChI is InChI=1S/C11H19N3/c1-4-11(5-1,9-2-3-9)8-14-10-12-6-7-13-10/h9H,1-8H2,(H2,12,13,14). The summed E-state index contributed by atoms with van der Waals surface area (Å²) in [5.74, 6) is 2.07. The van der Waals surface area contributed by atoms with Crippen molar-refractivity contribution in [2.75, 3.05) is 19.6 Å². The van der Waals surface area contributed by atoms with Crippen LogP contribution >= 0.6 is 0 Å². The molecule has 1 heterocycles. The van der Waals surface area contributed by atoms with Gasteiger partial charge < -0.3 is 10.6 Å². The minimum Gasteiger partial charge on any atom is -0.356 e. The minimum absolute atomic E-state index is 0.660. The van der Waals surface area contributed by atoms with Crippen molar-refractivity contribution < 1.29 is 0 Å². The Morgan fingerprint density at radius 1 is 1.43 bits per heavy atom. The van der Waals surface area contributed by atoms with Gasteiger partial charge in [0.2, 0.25) is 0 Å². The van der Waals surface area contributed by atoms with Crippen molar-refractivity contribution in [1.29, 1.82) is 0 Å². The summed E-state index contributed by atoms with van der Waals surface area (Å²) in [6.07, 6.45) is 7.27. The van der Waals surface area contributed by atoms with E-state index in [1.54, 1.807) is 0 Å². The first-order valence-corrected chi connectivity index (χ1v) is 5.91. The van der Waals surface area contributed by atoms with Crippen molar-refractivity contribution in [2.45, 2.75) is 32.1 Å². The number of hydrogen-bond donors (Lipinski definition) is 2. The van der Waals surface area contributed by atoms with Gasteiger partial charge in [-0.25, -0.2) is 0 Å². The highest BCUT2D eigenvalue weighted by Gasteiger charge is 2.48. The number of aliphatic imine (C=N–C) groups is 1. The average Bonchev–Trinajstić information content (AvgIpc) is 2.81. The molecule has 3 rings (SSSR count). The molecule has 2 N–H and O–H groups in total. The molecule has 3 aliphatic rings. The highest BCUT2D eigenvalue weighted by Crippen LogP contribution is 2.56. The molecule has 2 saturated carbocycles. The second-order valence-electron chi connectivity index (χ2n) is 5.00. The zero-order valence-corrected chi connectivity index (χ0v) is 8.68. The Morgan fingerprint density at radius 3 is 2.79 bits per heavy atom. The van der Waals surface area contributed by atoms with Crippen LogP contribution in [0.5, 0.6) is 0 Å². The first-order valence-electron chi connectivity index (χ1n) is 5.91. The van der Waals surface area contributed by atoms with Crippen molar-refractivity contribution in [3.63, 3.8) is 0 Å². The van der Waals surface area contributed by atoms with E-state index < -0.39 is 0 Å². The van der Waals surface area contributed by atoms with E-state index in [4.69, 9.17) is 0 Å². The van der Waals surface area contributed by atoms with Crippen LogP contribution < -0.4 is 10.6 Å². The Bertz CT molecular complexity index is 251. The van der Waals surface area contributed by atoms with Crippen LogP contribution in [0.15, 0.2) is 4.99 Å². The molecule has 0 aromatic rings. The first-order chi connectivity index (χ1) is 6.89. The van der Waals surface area contributed by atoms with Gasteiger partial charge in [-0.15, -0.1) is 0 Å². The SMILES string of the molecule is C1CC(CNC2=NCCN2)(C2CC2)C1. The van der Waals surface area contributed by atoms with E-state index in [9.17, 15) is 0 Å². The molecule has 14 heavy (non-hydrogen) atoms. The van der Waals surface area contributed by atoms with Gasteiger partial charge in [-0.2, -0.15) is 0 Å². The number of guanidine groups is 1. The molecule has 3 nitrogen and oxygen atoms in total. The van der Waals surface area contributed by atoms with Gasteiger partial charge in [0.25, 0.3) is 0 Å². The third-order valence-corrected chi connectivity index (χ3v) is 4.07. The van der Waals surface area contributed by atoms with Crippen LogP contribution in [0.3, 0.4) is 0 Å². The fourth-order valence-electron chi connectivity index (χ4n) is 2.83. The Hall–Kier alpha value is -0.730. The van der Waals surface area contributed by atoms with Crippen LogP contribution in [0, 0.1) is 11.3 Å². The molecule has 0 atom stereocenters. The summed E-state index contributed by atoms with van der Waals surface area (Å²) >= 11 is 0. The number of nitrogens with zero attached hydrogens (tertiary/aromatic N) is 1. The summed E-state index contributed by atoms with van der Waals surface area (Å²) in [6, 6.07) is 0. The lowest BCUT2D eigenvalue weighted by atomic mass is 9.65. The summed E-state index contributed by atoms with van der Waals surface area (Å²) in [5.41, 5.74) is 0.660. The van der Waals surface area contributed by atoms with Gasteiger partial charge in [-0.3, -0.25) is 4.99 Å². The van der Waals surface area contributed by atoms with Gasteiger partial charge in [0.1, 0.15) is 0 Å². The van der Waals surface area contributed by atoms with Gasteiger partial charge in [-0.1, -0.05) is 6.42 Å². The molecule has 0 spiro atoms. The van der Waals surface area contributed by atoms with Gasteiger partial charge in [0, 0.05) is 13.1 Å². The molecule has 1 aliphatic heterocycles. The number of rotatable bonds is 3. The second kappa shape index (κ2) is 3.14. The lowest BCUT2D eigenvalue weighted by molar-refractivity contribution is 0.106. The highest BCUT2D eigenvalue weighted by atomic mass is 15.2. The lowest BCUT2D eigenvalue weighted by Gasteiger charge is -2.42. The predicted molar refractivity (Wildman–Crippen MR) is 57.3 cm³/mol. The maximum absolute atomic E-state index is 4.37. The number of nitrogens with one attached hydrogen (secondary N) is 2. The molecule has 2 aliphatic carbocycles. The zero-order chi connectivity index (χ0) is 9.43. The Labute approximate surface area is 85.4 Å². The maximum Gasteiger partial charge on any atom is 0.191 e. The van der Waals surface area contributed by atoms with E-state index in [0.29, 0.717) is 5.41 Å². The van der Waals surface area contributed by atoms with Crippen molar-refractivity contribution in [3.8, 4) is 0 Å². The molecular weight excluding hydrogens is 174 g/mol. The Morgan fingerprint density at radius 2 is 2.29 bits per heavy atom. The molecule has 0 aromatic heterocycles. The molecule has 0 saturated heterocycles. The maximum atomic E-state index is 4.37. The normalized spacial score (nSPS) is 29.0. The smallest absolute Gasteiger partial charge is 0.191 e. The first kappa shape index (κ1) is 8.57. The fraction of sp³-hybridized carbons (Fsp3) is 0.909. The van der Waals surface area contributed by atoms with Gasteiger partial charge in [-0.05, 0) is 37.0 Å². The van der Waals surface area contributed by atoms with Crippen LogP contribution in [0.25, 0.3) is 0 Å². The van der Waals surface area contributed by atoms with Gasteiger partial charge >= 0.3 is 0 Å². The van der Waals surface area contributed by atoms with E-state index >= 15 is 0 Å². The molecule has 0 unspecified atom stereocenters. The fourth-order valence-corrected chi connectivity index (χ4v) is 2.83. The second-order valence-corrected chi connectivity index (χ2v) is 5.00. The van der Waals surface area contributed by atoms with Crippen LogP contribution in [0.4, 0.5) is 0 Å². The summed E-state index contributed by atoms with van der Waals surface area (Å²) in [4.78, 5) is 4.37.